The summed E-state index contributed by atoms with van der Waals surface area (Å²) in [5, 5.41) is 2.91. The molecule has 1 fully saturated rings. The Balaban J connectivity index is 1.87. The molecule has 0 unspecified atom stereocenters. The van der Waals surface area contributed by atoms with E-state index in [9.17, 15) is 4.79 Å². The van der Waals surface area contributed by atoms with E-state index in [1.54, 1.807) is 13.2 Å². The number of carbonyl (C=O) groups is 1. The number of methoxy groups -OCH3 is 1. The number of halogens is 1. The number of hydrogen-bond acceptors (Lipinski definition) is 3. The minimum atomic E-state index is -0.102. The van der Waals surface area contributed by atoms with Crippen molar-refractivity contribution in [3.63, 3.8) is 0 Å². The summed E-state index contributed by atoms with van der Waals surface area (Å²) in [6.07, 6.45) is 3.55. The minimum absolute atomic E-state index is 0.102. The lowest BCUT2D eigenvalue weighted by Crippen LogP contribution is -2.47. The number of amides is 1. The topological polar surface area (TPSA) is 51.5 Å². The molecule has 4 nitrogen and oxygen atoms in total. The molecule has 0 radical (unpaired) electrons. The highest BCUT2D eigenvalue weighted by atomic mass is 79.9. The van der Waals surface area contributed by atoms with E-state index in [2.05, 4.69) is 21.2 Å². The van der Waals surface area contributed by atoms with Crippen LogP contribution in [0.25, 0.3) is 0 Å². The van der Waals surface area contributed by atoms with Crippen molar-refractivity contribution in [2.45, 2.75) is 25.0 Å². The summed E-state index contributed by atoms with van der Waals surface area (Å²) in [6.45, 7) is 0. The van der Waals surface area contributed by atoms with Crippen molar-refractivity contribution in [1.29, 1.82) is 0 Å². The van der Waals surface area contributed by atoms with Crippen LogP contribution in [0.2, 0.25) is 0 Å². The van der Waals surface area contributed by atoms with E-state index in [0.29, 0.717) is 16.3 Å². The van der Waals surface area contributed by atoms with Gasteiger partial charge in [-0.2, -0.15) is 0 Å². The van der Waals surface area contributed by atoms with Crippen molar-refractivity contribution in [3.05, 3.63) is 22.6 Å². The van der Waals surface area contributed by atoms with Crippen molar-refractivity contribution in [2.75, 3.05) is 7.11 Å². The summed E-state index contributed by atoms with van der Waals surface area (Å²) < 4.78 is 10.6. The fraction of sp³-hybridized carbons (Fsp3) is 0.500. The van der Waals surface area contributed by atoms with Gasteiger partial charge >= 0.3 is 0 Å². The molecule has 0 spiro atoms. The number of carbonyl (C=O) groups excluding carboxylic acids is 1. The molecule has 1 amide bonds. The Kier molecular flexibility index (Phi) is 3.11. The molecule has 0 bridgehead atoms. The van der Waals surface area contributed by atoms with Crippen LogP contribution >= 0.6 is 15.9 Å². The number of furan rings is 1. The molecule has 82 valence electrons. The van der Waals surface area contributed by atoms with Crippen LogP contribution in [0.3, 0.4) is 0 Å². The van der Waals surface area contributed by atoms with Gasteiger partial charge in [-0.1, -0.05) is 0 Å². The van der Waals surface area contributed by atoms with Gasteiger partial charge in [0.2, 0.25) is 0 Å². The van der Waals surface area contributed by atoms with Crippen LogP contribution in [0, 0.1) is 0 Å². The van der Waals surface area contributed by atoms with Gasteiger partial charge in [-0.15, -0.1) is 0 Å². The zero-order chi connectivity index (χ0) is 10.8. The van der Waals surface area contributed by atoms with Crippen molar-refractivity contribution in [1.82, 2.24) is 5.32 Å². The second kappa shape index (κ2) is 4.37. The Hall–Kier alpha value is -0.810. The predicted octanol–water partition coefficient (Wildman–Crippen LogP) is 1.95. The molecular weight excluding hydrogens is 262 g/mol. The van der Waals surface area contributed by atoms with E-state index in [0.717, 1.165) is 12.8 Å². The maximum absolute atomic E-state index is 11.7. The highest BCUT2D eigenvalue weighted by molar-refractivity contribution is 9.10. The Morgan fingerprint density at radius 2 is 2.40 bits per heavy atom. The number of hydrogen-bond donors (Lipinski definition) is 1. The maximum Gasteiger partial charge on any atom is 0.255 e. The Labute approximate surface area is 96.1 Å². The van der Waals surface area contributed by atoms with Gasteiger partial charge in [0.15, 0.2) is 4.67 Å². The van der Waals surface area contributed by atoms with E-state index in [4.69, 9.17) is 9.15 Å². The highest BCUT2D eigenvalue weighted by Gasteiger charge is 2.30. The van der Waals surface area contributed by atoms with Crippen LogP contribution in [0.1, 0.15) is 23.2 Å². The van der Waals surface area contributed by atoms with Gasteiger partial charge in [-0.3, -0.25) is 4.79 Å². The summed E-state index contributed by atoms with van der Waals surface area (Å²) in [5.41, 5.74) is 0.538. The van der Waals surface area contributed by atoms with Gasteiger partial charge in [0.25, 0.3) is 5.91 Å². The molecule has 1 aromatic rings. The molecule has 5 heteroatoms. The van der Waals surface area contributed by atoms with E-state index in [1.165, 1.54) is 6.26 Å². The molecule has 0 atom stereocenters. The van der Waals surface area contributed by atoms with Crippen LogP contribution in [-0.2, 0) is 4.74 Å². The lowest BCUT2D eigenvalue weighted by atomic mass is 9.89. The number of ether oxygens (including phenoxy) is 1. The monoisotopic (exact) mass is 273 g/mol. The third-order valence-electron chi connectivity index (χ3n) is 2.63. The fourth-order valence-electron chi connectivity index (χ4n) is 1.59. The van der Waals surface area contributed by atoms with Crippen molar-refractivity contribution in [3.8, 4) is 0 Å². The highest BCUT2D eigenvalue weighted by Crippen LogP contribution is 2.24. The average molecular weight is 274 g/mol. The van der Waals surface area contributed by atoms with E-state index >= 15 is 0 Å². The summed E-state index contributed by atoms with van der Waals surface area (Å²) in [6, 6.07) is 1.87. The summed E-state index contributed by atoms with van der Waals surface area (Å²) >= 11 is 3.17. The van der Waals surface area contributed by atoms with Gasteiger partial charge < -0.3 is 14.5 Å². The predicted molar refractivity (Wildman–Crippen MR) is 57.7 cm³/mol. The smallest absolute Gasteiger partial charge is 0.255 e. The summed E-state index contributed by atoms with van der Waals surface area (Å²) in [7, 11) is 1.69. The Morgan fingerprint density at radius 3 is 2.93 bits per heavy atom. The van der Waals surface area contributed by atoms with Crippen LogP contribution in [0.15, 0.2) is 21.4 Å². The van der Waals surface area contributed by atoms with Gasteiger partial charge in [-0.05, 0) is 34.8 Å². The second-order valence-electron chi connectivity index (χ2n) is 3.61. The summed E-state index contributed by atoms with van der Waals surface area (Å²) in [4.78, 5) is 11.7. The van der Waals surface area contributed by atoms with Crippen molar-refractivity contribution < 1.29 is 13.9 Å². The molecule has 0 saturated heterocycles. The van der Waals surface area contributed by atoms with Crippen molar-refractivity contribution >= 4 is 21.8 Å². The van der Waals surface area contributed by atoms with E-state index in [1.807, 2.05) is 0 Å². The number of rotatable bonds is 3. The van der Waals surface area contributed by atoms with Gasteiger partial charge in [-0.25, -0.2) is 0 Å². The number of nitrogens with one attached hydrogen (secondary N) is 1. The molecule has 1 saturated carbocycles. The first-order valence-corrected chi connectivity index (χ1v) is 5.56. The van der Waals surface area contributed by atoms with Crippen LogP contribution in [0.4, 0.5) is 0 Å². The normalized spacial score (nSPS) is 24.7. The third kappa shape index (κ3) is 2.23. The van der Waals surface area contributed by atoms with Gasteiger partial charge in [0.1, 0.15) is 0 Å². The van der Waals surface area contributed by atoms with Gasteiger partial charge in [0.05, 0.1) is 17.9 Å². The van der Waals surface area contributed by atoms with E-state index in [-0.39, 0.29) is 11.9 Å². The largest absolute Gasteiger partial charge is 0.457 e. The van der Waals surface area contributed by atoms with Crippen LogP contribution < -0.4 is 5.32 Å². The molecule has 1 aliphatic carbocycles. The first-order valence-electron chi connectivity index (χ1n) is 4.77. The maximum atomic E-state index is 11.7. The molecule has 2 rings (SSSR count). The standard InChI is InChI=1S/C10H12BrNO3/c1-14-7-4-6(5-7)12-10(13)8-2-3-15-9(8)11/h2-3,6-7H,4-5H2,1H3,(H,12,13). The molecule has 1 aliphatic rings. The molecule has 1 heterocycles. The fourth-order valence-corrected chi connectivity index (χ4v) is 2.01. The lowest BCUT2D eigenvalue weighted by molar-refractivity contribution is 0.0176. The zero-order valence-electron chi connectivity index (χ0n) is 8.33. The zero-order valence-corrected chi connectivity index (χ0v) is 9.91. The van der Waals surface area contributed by atoms with Crippen molar-refractivity contribution in [2.24, 2.45) is 0 Å². The average Bonchev–Trinajstić information content (AvgIpc) is 2.56. The van der Waals surface area contributed by atoms with E-state index < -0.39 is 0 Å². The quantitative estimate of drug-likeness (QED) is 0.916. The Bertz CT molecular complexity index is 357. The summed E-state index contributed by atoms with van der Waals surface area (Å²) in [5.74, 6) is -0.102. The second-order valence-corrected chi connectivity index (χ2v) is 4.33. The molecular formula is C10H12BrNO3. The lowest BCUT2D eigenvalue weighted by Gasteiger charge is -2.34. The van der Waals surface area contributed by atoms with Gasteiger partial charge in [0, 0.05) is 13.2 Å². The minimum Gasteiger partial charge on any atom is -0.457 e. The first kappa shape index (κ1) is 10.7. The molecule has 1 N–H and O–H groups in total. The Morgan fingerprint density at radius 1 is 1.67 bits per heavy atom. The SMILES string of the molecule is COC1CC(NC(=O)c2ccoc2Br)C1. The molecule has 15 heavy (non-hydrogen) atoms. The van der Waals surface area contributed by atoms with Crippen LogP contribution in [-0.4, -0.2) is 25.2 Å². The molecule has 0 aliphatic heterocycles. The third-order valence-corrected chi connectivity index (χ3v) is 3.24. The van der Waals surface area contributed by atoms with Crippen LogP contribution in [0.5, 0.6) is 0 Å². The molecule has 0 aromatic carbocycles. The molecule has 1 aromatic heterocycles. The first-order chi connectivity index (χ1) is 7.20.